The van der Waals surface area contributed by atoms with Gasteiger partial charge in [-0.05, 0) is 48.1 Å². The van der Waals surface area contributed by atoms with Crippen LogP contribution in [0.25, 0.3) is 0 Å². The largest absolute Gasteiger partial charge is 0.489 e. The van der Waals surface area contributed by atoms with Crippen molar-refractivity contribution in [2.24, 2.45) is 0 Å². The molecule has 0 spiro atoms. The van der Waals surface area contributed by atoms with Crippen molar-refractivity contribution < 1.29 is 13.9 Å². The summed E-state index contributed by atoms with van der Waals surface area (Å²) in [7, 11) is 0. The Balaban J connectivity index is 1.64. The molecule has 0 aromatic heterocycles. The molecule has 0 aliphatic carbocycles. The van der Waals surface area contributed by atoms with E-state index in [4.69, 9.17) is 4.74 Å². The number of ether oxygens (including phenoxy) is 1. The molecule has 3 rings (SSSR count). The van der Waals surface area contributed by atoms with Crippen LogP contribution in [0.5, 0.6) is 5.75 Å². The molecule has 0 atom stereocenters. The smallest absolute Gasteiger partial charge is 0.126 e. The van der Waals surface area contributed by atoms with Gasteiger partial charge < -0.3 is 14.8 Å². The first kappa shape index (κ1) is 15.5. The standard InChI is InChI=1S/C19H20FNO2/c20-18-11-14(5-6-15(18)4-2-10-22)13-23-17-8-7-16-3-1-9-21-19(16)12-17/h5-8,10-12,21H,1-4,9,13H2. The highest BCUT2D eigenvalue weighted by atomic mass is 19.1. The Bertz CT molecular complexity index is 700. The minimum Gasteiger partial charge on any atom is -0.489 e. The molecule has 1 aliphatic heterocycles. The van der Waals surface area contributed by atoms with Crippen LogP contribution in [0, 0.1) is 5.82 Å². The summed E-state index contributed by atoms with van der Waals surface area (Å²) in [4.78, 5) is 10.4. The van der Waals surface area contributed by atoms with Crippen molar-refractivity contribution in [1.29, 1.82) is 0 Å². The first-order valence-corrected chi connectivity index (χ1v) is 7.97. The molecule has 1 aliphatic rings. The third kappa shape index (κ3) is 3.89. The predicted molar refractivity (Wildman–Crippen MR) is 88.4 cm³/mol. The van der Waals surface area contributed by atoms with Crippen LogP contribution < -0.4 is 10.1 Å². The Morgan fingerprint density at radius 1 is 1.22 bits per heavy atom. The predicted octanol–water partition coefficient (Wildman–Crippen LogP) is 3.89. The lowest BCUT2D eigenvalue weighted by molar-refractivity contribution is -0.107. The summed E-state index contributed by atoms with van der Waals surface area (Å²) in [5.41, 5.74) is 3.79. The number of anilines is 1. The van der Waals surface area contributed by atoms with Gasteiger partial charge in [0, 0.05) is 24.7 Å². The average Bonchev–Trinajstić information content (AvgIpc) is 2.59. The summed E-state index contributed by atoms with van der Waals surface area (Å²) in [5.74, 6) is 0.503. The van der Waals surface area contributed by atoms with Gasteiger partial charge in [0.25, 0.3) is 0 Å². The molecule has 120 valence electrons. The number of aryl methyl sites for hydroxylation is 2. The number of carbonyl (C=O) groups is 1. The second-order valence-electron chi connectivity index (χ2n) is 5.77. The molecule has 2 aromatic rings. The second-order valence-corrected chi connectivity index (χ2v) is 5.77. The third-order valence-corrected chi connectivity index (χ3v) is 4.07. The summed E-state index contributed by atoms with van der Waals surface area (Å²) in [6, 6.07) is 11.1. The van der Waals surface area contributed by atoms with Crippen molar-refractivity contribution in [2.75, 3.05) is 11.9 Å². The SMILES string of the molecule is O=CCCc1ccc(COc2ccc3c(c2)NCCC3)cc1F. The Hall–Kier alpha value is -2.36. The molecule has 0 bridgehead atoms. The maximum absolute atomic E-state index is 13.9. The number of rotatable bonds is 6. The fraction of sp³-hybridized carbons (Fsp3) is 0.316. The van der Waals surface area contributed by atoms with E-state index in [2.05, 4.69) is 11.4 Å². The lowest BCUT2D eigenvalue weighted by Crippen LogP contribution is -2.11. The zero-order chi connectivity index (χ0) is 16.1. The van der Waals surface area contributed by atoms with E-state index in [-0.39, 0.29) is 5.82 Å². The number of halogens is 1. The minimum absolute atomic E-state index is 0.278. The number of carbonyl (C=O) groups excluding carboxylic acids is 1. The lowest BCUT2D eigenvalue weighted by Gasteiger charge is -2.18. The van der Waals surface area contributed by atoms with Gasteiger partial charge in [-0.25, -0.2) is 4.39 Å². The molecule has 23 heavy (non-hydrogen) atoms. The van der Waals surface area contributed by atoms with Gasteiger partial charge in [-0.2, -0.15) is 0 Å². The van der Waals surface area contributed by atoms with E-state index >= 15 is 0 Å². The molecular weight excluding hydrogens is 293 g/mol. The summed E-state index contributed by atoms with van der Waals surface area (Å²) in [6.45, 7) is 1.31. The zero-order valence-electron chi connectivity index (χ0n) is 13.0. The van der Waals surface area contributed by atoms with Crippen molar-refractivity contribution in [3.8, 4) is 5.75 Å². The van der Waals surface area contributed by atoms with E-state index in [1.165, 1.54) is 11.6 Å². The first-order chi connectivity index (χ1) is 11.3. The summed E-state index contributed by atoms with van der Waals surface area (Å²) in [5, 5.41) is 3.37. The molecule has 0 saturated heterocycles. The normalized spacial score (nSPS) is 13.1. The molecule has 0 amide bonds. The second kappa shape index (κ2) is 7.27. The molecule has 1 N–H and O–H groups in total. The van der Waals surface area contributed by atoms with Crippen LogP contribution in [0.1, 0.15) is 29.5 Å². The highest BCUT2D eigenvalue weighted by Crippen LogP contribution is 2.27. The minimum atomic E-state index is -0.278. The molecule has 0 saturated carbocycles. The van der Waals surface area contributed by atoms with Crippen molar-refractivity contribution in [3.63, 3.8) is 0 Å². The molecule has 0 fully saturated rings. The Labute approximate surface area is 135 Å². The summed E-state index contributed by atoms with van der Waals surface area (Å²) in [6.07, 6.45) is 3.83. The Morgan fingerprint density at radius 3 is 2.96 bits per heavy atom. The number of nitrogens with one attached hydrogen (secondary N) is 1. The van der Waals surface area contributed by atoms with Gasteiger partial charge >= 0.3 is 0 Å². The van der Waals surface area contributed by atoms with Gasteiger partial charge in [-0.15, -0.1) is 0 Å². The number of benzene rings is 2. The van der Waals surface area contributed by atoms with E-state index in [9.17, 15) is 9.18 Å². The molecule has 1 heterocycles. The van der Waals surface area contributed by atoms with E-state index in [1.54, 1.807) is 6.07 Å². The number of fused-ring (bicyclic) bond motifs is 1. The summed E-state index contributed by atoms with van der Waals surface area (Å²) >= 11 is 0. The van der Waals surface area contributed by atoms with Crippen LogP contribution in [-0.4, -0.2) is 12.8 Å². The van der Waals surface area contributed by atoms with Gasteiger partial charge in [0.15, 0.2) is 0 Å². The van der Waals surface area contributed by atoms with E-state index in [1.807, 2.05) is 18.2 Å². The monoisotopic (exact) mass is 313 g/mol. The molecule has 0 radical (unpaired) electrons. The van der Waals surface area contributed by atoms with Gasteiger partial charge in [0.2, 0.25) is 0 Å². The van der Waals surface area contributed by atoms with Crippen molar-refractivity contribution in [2.45, 2.75) is 32.3 Å². The van der Waals surface area contributed by atoms with Crippen LogP contribution >= 0.6 is 0 Å². The van der Waals surface area contributed by atoms with Gasteiger partial charge in [0.05, 0.1) is 0 Å². The molecule has 4 heteroatoms. The maximum Gasteiger partial charge on any atom is 0.126 e. The van der Waals surface area contributed by atoms with Crippen molar-refractivity contribution >= 4 is 12.0 Å². The highest BCUT2D eigenvalue weighted by molar-refractivity contribution is 5.56. The molecule has 2 aromatic carbocycles. The van der Waals surface area contributed by atoms with Crippen molar-refractivity contribution in [3.05, 3.63) is 58.9 Å². The van der Waals surface area contributed by atoms with E-state index < -0.39 is 0 Å². The van der Waals surface area contributed by atoms with Gasteiger partial charge in [-0.1, -0.05) is 18.2 Å². The van der Waals surface area contributed by atoms with Crippen molar-refractivity contribution in [1.82, 2.24) is 0 Å². The molecule has 0 unspecified atom stereocenters. The Kier molecular flexibility index (Phi) is 4.91. The summed E-state index contributed by atoms with van der Waals surface area (Å²) < 4.78 is 19.7. The molecular formula is C19H20FNO2. The van der Waals surface area contributed by atoms with Crippen LogP contribution in [-0.2, 0) is 24.2 Å². The van der Waals surface area contributed by atoms with Crippen LogP contribution in [0.3, 0.4) is 0 Å². The average molecular weight is 313 g/mol. The third-order valence-electron chi connectivity index (χ3n) is 4.07. The fourth-order valence-corrected chi connectivity index (χ4v) is 2.79. The number of aldehydes is 1. The van der Waals surface area contributed by atoms with Crippen LogP contribution in [0.2, 0.25) is 0 Å². The van der Waals surface area contributed by atoms with Gasteiger partial charge in [-0.3, -0.25) is 0 Å². The Morgan fingerprint density at radius 2 is 2.13 bits per heavy atom. The zero-order valence-corrected chi connectivity index (χ0v) is 13.0. The quantitative estimate of drug-likeness (QED) is 0.822. The van der Waals surface area contributed by atoms with E-state index in [0.717, 1.165) is 42.7 Å². The molecule has 3 nitrogen and oxygen atoms in total. The van der Waals surface area contributed by atoms with Crippen LogP contribution in [0.15, 0.2) is 36.4 Å². The maximum atomic E-state index is 13.9. The van der Waals surface area contributed by atoms with Gasteiger partial charge in [0.1, 0.15) is 24.5 Å². The number of hydrogen-bond donors (Lipinski definition) is 1. The highest BCUT2D eigenvalue weighted by Gasteiger charge is 2.09. The number of hydrogen-bond acceptors (Lipinski definition) is 3. The first-order valence-electron chi connectivity index (χ1n) is 7.97. The van der Waals surface area contributed by atoms with E-state index in [0.29, 0.717) is 25.0 Å². The lowest BCUT2D eigenvalue weighted by atomic mass is 10.0. The fourth-order valence-electron chi connectivity index (χ4n) is 2.79. The van der Waals surface area contributed by atoms with Crippen LogP contribution in [0.4, 0.5) is 10.1 Å². The topological polar surface area (TPSA) is 38.3 Å².